The van der Waals surface area contributed by atoms with Gasteiger partial charge in [-0.25, -0.2) is 4.98 Å². The summed E-state index contributed by atoms with van der Waals surface area (Å²) in [6, 6.07) is 10.9. The molecule has 24 heavy (non-hydrogen) atoms. The largest absolute Gasteiger partial charge is 0.322 e. The van der Waals surface area contributed by atoms with Crippen molar-refractivity contribution in [1.29, 1.82) is 0 Å². The highest BCUT2D eigenvalue weighted by atomic mass is 32.2. The first kappa shape index (κ1) is 16.5. The molecule has 1 saturated heterocycles. The lowest BCUT2D eigenvalue weighted by Crippen LogP contribution is -2.35. The van der Waals surface area contributed by atoms with Crippen LogP contribution < -0.4 is 10.2 Å². The van der Waals surface area contributed by atoms with Gasteiger partial charge in [-0.3, -0.25) is 9.59 Å². The van der Waals surface area contributed by atoms with Crippen molar-refractivity contribution in [2.75, 3.05) is 23.0 Å². The Morgan fingerprint density at radius 1 is 1.25 bits per heavy atom. The van der Waals surface area contributed by atoms with Crippen molar-refractivity contribution in [2.45, 2.75) is 24.3 Å². The second kappa shape index (κ2) is 7.49. The van der Waals surface area contributed by atoms with E-state index < -0.39 is 0 Å². The number of benzene rings is 1. The molecule has 0 radical (unpaired) electrons. The molecule has 1 fully saturated rings. The summed E-state index contributed by atoms with van der Waals surface area (Å²) in [5, 5.41) is 3.59. The molecule has 0 spiro atoms. The van der Waals surface area contributed by atoms with E-state index in [2.05, 4.69) is 10.3 Å². The van der Waals surface area contributed by atoms with Gasteiger partial charge in [0, 0.05) is 30.5 Å². The number of rotatable bonds is 4. The standard InChI is InChI=1S/C18H19N3O2S/c1-24-18-15(8-5-10-19-18)17(23)20-13-6-4-7-14(12-13)21-11-3-2-9-16(21)22/h4-8,10,12H,2-3,9,11H2,1H3,(H,20,23). The second-order valence-electron chi connectivity index (χ2n) is 5.57. The van der Waals surface area contributed by atoms with Crippen LogP contribution in [0.4, 0.5) is 11.4 Å². The molecule has 0 atom stereocenters. The lowest BCUT2D eigenvalue weighted by Gasteiger charge is -2.27. The summed E-state index contributed by atoms with van der Waals surface area (Å²) < 4.78 is 0. The maximum atomic E-state index is 12.5. The number of nitrogens with zero attached hydrogens (tertiary/aromatic N) is 2. The van der Waals surface area contributed by atoms with Crippen LogP contribution in [0.25, 0.3) is 0 Å². The Bertz CT molecular complexity index is 763. The SMILES string of the molecule is CSc1ncccc1C(=O)Nc1cccc(N2CCCCC2=O)c1. The van der Waals surface area contributed by atoms with Crippen molar-refractivity contribution < 1.29 is 9.59 Å². The van der Waals surface area contributed by atoms with E-state index in [1.54, 1.807) is 23.2 Å². The molecule has 0 unspecified atom stereocenters. The number of amides is 2. The molecular weight excluding hydrogens is 322 g/mol. The van der Waals surface area contributed by atoms with Crippen LogP contribution in [-0.4, -0.2) is 29.6 Å². The van der Waals surface area contributed by atoms with Crippen molar-refractivity contribution in [3.63, 3.8) is 0 Å². The van der Waals surface area contributed by atoms with Gasteiger partial charge in [0.15, 0.2) is 0 Å². The van der Waals surface area contributed by atoms with E-state index in [0.29, 0.717) is 22.7 Å². The zero-order chi connectivity index (χ0) is 16.9. The van der Waals surface area contributed by atoms with Gasteiger partial charge < -0.3 is 10.2 Å². The minimum Gasteiger partial charge on any atom is -0.322 e. The van der Waals surface area contributed by atoms with Crippen LogP contribution in [0.1, 0.15) is 29.6 Å². The molecule has 2 amide bonds. The van der Waals surface area contributed by atoms with E-state index in [-0.39, 0.29) is 11.8 Å². The Morgan fingerprint density at radius 3 is 2.92 bits per heavy atom. The average Bonchev–Trinajstić information content (AvgIpc) is 2.62. The number of carbonyl (C=O) groups excluding carboxylic acids is 2. The van der Waals surface area contributed by atoms with E-state index >= 15 is 0 Å². The van der Waals surface area contributed by atoms with E-state index in [9.17, 15) is 9.59 Å². The number of nitrogens with one attached hydrogen (secondary N) is 1. The lowest BCUT2D eigenvalue weighted by atomic mass is 10.1. The van der Waals surface area contributed by atoms with Gasteiger partial charge in [0.1, 0.15) is 5.03 Å². The van der Waals surface area contributed by atoms with Gasteiger partial charge in [0.05, 0.1) is 5.56 Å². The Labute approximate surface area is 145 Å². The number of hydrogen-bond donors (Lipinski definition) is 1. The lowest BCUT2D eigenvalue weighted by molar-refractivity contribution is -0.119. The predicted molar refractivity (Wildman–Crippen MR) is 96.6 cm³/mol. The molecule has 5 nitrogen and oxygen atoms in total. The van der Waals surface area contributed by atoms with Crippen molar-refractivity contribution >= 4 is 35.0 Å². The van der Waals surface area contributed by atoms with Crippen LogP contribution in [0, 0.1) is 0 Å². The van der Waals surface area contributed by atoms with Gasteiger partial charge in [-0.2, -0.15) is 0 Å². The van der Waals surface area contributed by atoms with Crippen molar-refractivity contribution in [2.24, 2.45) is 0 Å². The monoisotopic (exact) mass is 341 g/mol. The highest BCUT2D eigenvalue weighted by Gasteiger charge is 2.20. The third-order valence-electron chi connectivity index (χ3n) is 3.95. The minimum absolute atomic E-state index is 0.140. The maximum absolute atomic E-state index is 12.5. The first-order valence-electron chi connectivity index (χ1n) is 7.90. The van der Waals surface area contributed by atoms with E-state index in [0.717, 1.165) is 25.1 Å². The van der Waals surface area contributed by atoms with Gasteiger partial charge in [-0.1, -0.05) is 6.07 Å². The Kier molecular flexibility index (Phi) is 5.15. The first-order valence-corrected chi connectivity index (χ1v) is 9.12. The summed E-state index contributed by atoms with van der Waals surface area (Å²) in [4.78, 5) is 30.6. The van der Waals surface area contributed by atoms with Gasteiger partial charge >= 0.3 is 0 Å². The summed E-state index contributed by atoms with van der Waals surface area (Å²) in [6.45, 7) is 0.732. The first-order chi connectivity index (χ1) is 11.7. The normalized spacial score (nSPS) is 14.5. The molecule has 1 aromatic carbocycles. The smallest absolute Gasteiger partial charge is 0.258 e. The van der Waals surface area contributed by atoms with Gasteiger partial charge in [0.2, 0.25) is 5.91 Å². The van der Waals surface area contributed by atoms with Gasteiger partial charge in [-0.05, 0) is 49.4 Å². The van der Waals surface area contributed by atoms with Gasteiger partial charge in [0.25, 0.3) is 5.91 Å². The summed E-state index contributed by atoms with van der Waals surface area (Å²) >= 11 is 1.44. The molecule has 1 N–H and O–H groups in total. The average molecular weight is 341 g/mol. The summed E-state index contributed by atoms with van der Waals surface area (Å²) in [5.41, 5.74) is 2.05. The fourth-order valence-electron chi connectivity index (χ4n) is 2.76. The zero-order valence-electron chi connectivity index (χ0n) is 13.5. The quantitative estimate of drug-likeness (QED) is 0.864. The third kappa shape index (κ3) is 3.59. The molecule has 1 aromatic heterocycles. The summed E-state index contributed by atoms with van der Waals surface area (Å²) in [7, 11) is 0. The van der Waals surface area contributed by atoms with Crippen LogP contribution in [-0.2, 0) is 4.79 Å². The molecular formula is C18H19N3O2S. The van der Waals surface area contributed by atoms with Crippen LogP contribution >= 0.6 is 11.8 Å². The van der Waals surface area contributed by atoms with Crippen molar-refractivity contribution in [3.8, 4) is 0 Å². The van der Waals surface area contributed by atoms with E-state index in [1.165, 1.54) is 11.8 Å². The summed E-state index contributed by atoms with van der Waals surface area (Å²) in [6.07, 6.45) is 6.11. The molecule has 1 aliphatic rings. The Morgan fingerprint density at radius 2 is 2.12 bits per heavy atom. The predicted octanol–water partition coefficient (Wildman–Crippen LogP) is 3.57. The maximum Gasteiger partial charge on any atom is 0.258 e. The molecule has 0 bridgehead atoms. The number of piperidine rings is 1. The zero-order valence-corrected chi connectivity index (χ0v) is 14.3. The highest BCUT2D eigenvalue weighted by molar-refractivity contribution is 7.98. The number of anilines is 2. The molecule has 6 heteroatoms. The molecule has 1 aliphatic heterocycles. The second-order valence-corrected chi connectivity index (χ2v) is 6.36. The third-order valence-corrected chi connectivity index (χ3v) is 4.66. The van der Waals surface area contributed by atoms with Crippen molar-refractivity contribution in [3.05, 3.63) is 48.2 Å². The Balaban J connectivity index is 1.79. The fraction of sp³-hybridized carbons (Fsp3) is 0.278. The number of thioether (sulfide) groups is 1. The number of pyridine rings is 1. The number of carbonyl (C=O) groups is 2. The Hall–Kier alpha value is -2.34. The van der Waals surface area contributed by atoms with E-state index in [1.807, 2.05) is 30.5 Å². The van der Waals surface area contributed by atoms with Crippen LogP contribution in [0.15, 0.2) is 47.6 Å². The topological polar surface area (TPSA) is 62.3 Å². The van der Waals surface area contributed by atoms with Gasteiger partial charge in [-0.15, -0.1) is 11.8 Å². The minimum atomic E-state index is -0.199. The molecule has 2 heterocycles. The fourth-order valence-corrected chi connectivity index (χ4v) is 3.30. The van der Waals surface area contributed by atoms with Crippen molar-refractivity contribution in [1.82, 2.24) is 4.98 Å². The molecule has 2 aromatic rings. The van der Waals surface area contributed by atoms with Crippen LogP contribution in [0.2, 0.25) is 0 Å². The van der Waals surface area contributed by atoms with Crippen LogP contribution in [0.3, 0.4) is 0 Å². The molecule has 0 saturated carbocycles. The molecule has 3 rings (SSSR count). The summed E-state index contributed by atoms with van der Waals surface area (Å²) in [5.74, 6) is -0.0591. The number of hydrogen-bond acceptors (Lipinski definition) is 4. The number of aromatic nitrogens is 1. The van der Waals surface area contributed by atoms with Crippen LogP contribution in [0.5, 0.6) is 0 Å². The molecule has 0 aliphatic carbocycles. The van der Waals surface area contributed by atoms with E-state index in [4.69, 9.17) is 0 Å². The highest BCUT2D eigenvalue weighted by Crippen LogP contribution is 2.25. The molecule has 124 valence electrons.